The second-order valence-corrected chi connectivity index (χ2v) is 7.89. The van der Waals surface area contributed by atoms with Crippen LogP contribution in [0.4, 0.5) is 28.9 Å². The molecule has 0 aliphatic carbocycles. The first-order chi connectivity index (χ1) is 17.3. The molecule has 0 saturated heterocycles. The van der Waals surface area contributed by atoms with Gasteiger partial charge in [-0.05, 0) is 66.2 Å². The summed E-state index contributed by atoms with van der Waals surface area (Å²) in [6.07, 6.45) is -2.01. The van der Waals surface area contributed by atoms with Crippen molar-refractivity contribution in [2.75, 3.05) is 11.5 Å². The fourth-order valence-electron chi connectivity index (χ4n) is 2.82. The second-order valence-electron chi connectivity index (χ2n) is 7.89. The number of carbonyl (C=O) groups excluding carboxylic acids is 2. The third-order valence-corrected chi connectivity index (χ3v) is 4.89. The number of halogens is 4. The lowest BCUT2D eigenvalue weighted by Gasteiger charge is -2.23. The number of ether oxygens (including phenoxy) is 3. The van der Waals surface area contributed by atoms with Crippen LogP contribution < -0.4 is 20.9 Å². The molecule has 11 heteroatoms. The average molecular weight is 518 g/mol. The van der Waals surface area contributed by atoms with E-state index in [-0.39, 0.29) is 24.8 Å². The van der Waals surface area contributed by atoms with E-state index >= 15 is 0 Å². The van der Waals surface area contributed by atoms with Crippen molar-refractivity contribution in [1.82, 2.24) is 0 Å². The minimum absolute atomic E-state index is 0.0218. The van der Waals surface area contributed by atoms with Crippen LogP contribution in [-0.4, -0.2) is 24.0 Å². The summed E-state index contributed by atoms with van der Waals surface area (Å²) in [6.45, 7) is -0.0134. The molecule has 4 N–H and O–H groups in total. The van der Waals surface area contributed by atoms with Gasteiger partial charge in [-0.1, -0.05) is 12.1 Å². The minimum Gasteiger partial charge on any atom is -0.458 e. The number of nitrogens with two attached hydrogens (primary N) is 2. The van der Waals surface area contributed by atoms with E-state index in [2.05, 4.69) is 4.74 Å². The Hall–Kier alpha value is -4.54. The van der Waals surface area contributed by atoms with Crippen LogP contribution >= 0.6 is 0 Å². The number of anilines is 2. The molecule has 37 heavy (non-hydrogen) atoms. The summed E-state index contributed by atoms with van der Waals surface area (Å²) in [5.74, 6) is -6.19. The Morgan fingerprint density at radius 3 is 2.14 bits per heavy atom. The third-order valence-electron chi connectivity index (χ3n) is 4.89. The van der Waals surface area contributed by atoms with Crippen LogP contribution in [0.5, 0.6) is 11.5 Å². The van der Waals surface area contributed by atoms with Crippen LogP contribution in [0.25, 0.3) is 6.08 Å². The van der Waals surface area contributed by atoms with Gasteiger partial charge < -0.3 is 25.7 Å². The molecule has 0 aliphatic heterocycles. The predicted molar refractivity (Wildman–Crippen MR) is 128 cm³/mol. The first-order valence-electron chi connectivity index (χ1n) is 10.7. The first kappa shape index (κ1) is 27.1. The van der Waals surface area contributed by atoms with Crippen molar-refractivity contribution in [1.29, 1.82) is 0 Å². The molecule has 0 heterocycles. The van der Waals surface area contributed by atoms with Gasteiger partial charge in [0.25, 0.3) is 0 Å². The number of rotatable bonds is 9. The van der Waals surface area contributed by atoms with Gasteiger partial charge in [0.1, 0.15) is 18.1 Å². The maximum Gasteiger partial charge on any atom is 0.463 e. The Labute approximate surface area is 209 Å². The summed E-state index contributed by atoms with van der Waals surface area (Å²) in [5.41, 5.74) is 13.6. The van der Waals surface area contributed by atoms with E-state index in [1.165, 1.54) is 24.3 Å². The third kappa shape index (κ3) is 7.47. The summed E-state index contributed by atoms with van der Waals surface area (Å²) < 4.78 is 66.8. The number of carbonyl (C=O) groups is 2. The lowest BCUT2D eigenvalue weighted by Crippen LogP contribution is -2.42. The molecule has 3 rings (SSSR count). The monoisotopic (exact) mass is 518 g/mol. The molecule has 7 nitrogen and oxygen atoms in total. The molecule has 3 aromatic carbocycles. The fourth-order valence-corrected chi connectivity index (χ4v) is 2.82. The number of benzene rings is 3. The van der Waals surface area contributed by atoms with Crippen LogP contribution in [-0.2, 0) is 16.1 Å². The summed E-state index contributed by atoms with van der Waals surface area (Å²) in [6, 6.07) is 15.0. The molecule has 0 radical (unpaired) electrons. The average Bonchev–Trinajstić information content (AvgIpc) is 2.83. The Kier molecular flexibility index (Phi) is 8.06. The van der Waals surface area contributed by atoms with Crippen molar-refractivity contribution < 1.29 is 41.4 Å². The molecule has 0 bridgehead atoms. The van der Waals surface area contributed by atoms with Crippen molar-refractivity contribution in [3.05, 3.63) is 89.5 Å². The SMILES string of the molecule is CC(F)(F)C(F)(F)Oc1ccc(C(=O)Oc2ccc(/C=C/C(=O)OCc3cc(N)ccc3N)cc2)cc1. The van der Waals surface area contributed by atoms with Crippen LogP contribution in [0.3, 0.4) is 0 Å². The minimum atomic E-state index is -4.72. The van der Waals surface area contributed by atoms with E-state index in [0.29, 0.717) is 22.5 Å². The van der Waals surface area contributed by atoms with Gasteiger partial charge in [0.15, 0.2) is 0 Å². The highest BCUT2D eigenvalue weighted by Gasteiger charge is 2.55. The molecular weight excluding hydrogens is 496 g/mol. The van der Waals surface area contributed by atoms with Gasteiger partial charge in [-0.25, -0.2) is 9.59 Å². The first-order valence-corrected chi connectivity index (χ1v) is 10.7. The lowest BCUT2D eigenvalue weighted by atomic mass is 10.2. The molecule has 0 aromatic heterocycles. The smallest absolute Gasteiger partial charge is 0.458 e. The molecule has 194 valence electrons. The highest BCUT2D eigenvalue weighted by molar-refractivity contribution is 5.91. The highest BCUT2D eigenvalue weighted by atomic mass is 19.3. The van der Waals surface area contributed by atoms with Crippen molar-refractivity contribution in [2.45, 2.75) is 25.6 Å². The van der Waals surface area contributed by atoms with E-state index in [4.69, 9.17) is 20.9 Å². The molecule has 0 spiro atoms. The van der Waals surface area contributed by atoms with Gasteiger partial charge in [-0.2, -0.15) is 17.6 Å². The number of alkyl halides is 4. The topological polar surface area (TPSA) is 114 Å². The van der Waals surface area contributed by atoms with Gasteiger partial charge in [0, 0.05) is 29.9 Å². The van der Waals surface area contributed by atoms with Gasteiger partial charge in [-0.3, -0.25) is 0 Å². The second kappa shape index (κ2) is 11.0. The van der Waals surface area contributed by atoms with Crippen molar-refractivity contribution in [3.63, 3.8) is 0 Å². The normalized spacial score (nSPS) is 11.8. The zero-order chi connectivity index (χ0) is 27.2. The highest BCUT2D eigenvalue weighted by Crippen LogP contribution is 2.35. The molecule has 0 fully saturated rings. The summed E-state index contributed by atoms with van der Waals surface area (Å²) >= 11 is 0. The van der Waals surface area contributed by atoms with E-state index in [1.54, 1.807) is 30.3 Å². The van der Waals surface area contributed by atoms with Gasteiger partial charge in [0.05, 0.1) is 5.56 Å². The molecule has 0 amide bonds. The maximum atomic E-state index is 13.3. The number of esters is 2. The number of hydrogen-bond acceptors (Lipinski definition) is 7. The Balaban J connectivity index is 1.53. The van der Waals surface area contributed by atoms with Gasteiger partial charge >= 0.3 is 24.0 Å². The van der Waals surface area contributed by atoms with Gasteiger partial charge in [0.2, 0.25) is 0 Å². The largest absolute Gasteiger partial charge is 0.463 e. The molecule has 0 atom stereocenters. The molecular formula is C26H22F4N2O5. The summed E-state index contributed by atoms with van der Waals surface area (Å²) in [4.78, 5) is 24.2. The fraction of sp³-hybridized carbons (Fsp3) is 0.154. The van der Waals surface area contributed by atoms with E-state index in [0.717, 1.165) is 24.3 Å². The summed E-state index contributed by atoms with van der Waals surface area (Å²) in [7, 11) is 0. The molecule has 0 unspecified atom stereocenters. The van der Waals surface area contributed by atoms with E-state index in [1.807, 2.05) is 0 Å². The molecule has 3 aromatic rings. The number of nitrogen functional groups attached to an aromatic ring is 2. The van der Waals surface area contributed by atoms with Gasteiger partial charge in [-0.15, -0.1) is 0 Å². The Morgan fingerprint density at radius 1 is 0.892 bits per heavy atom. The number of hydrogen-bond donors (Lipinski definition) is 2. The zero-order valence-electron chi connectivity index (χ0n) is 19.4. The van der Waals surface area contributed by atoms with Crippen LogP contribution in [0, 0.1) is 0 Å². The van der Waals surface area contributed by atoms with Crippen LogP contribution in [0.1, 0.15) is 28.4 Å². The maximum absolute atomic E-state index is 13.3. The van der Waals surface area contributed by atoms with Crippen molar-refractivity contribution in [3.8, 4) is 11.5 Å². The van der Waals surface area contributed by atoms with Crippen molar-refractivity contribution >= 4 is 29.4 Å². The van der Waals surface area contributed by atoms with Crippen LogP contribution in [0.2, 0.25) is 0 Å². The predicted octanol–water partition coefficient (Wildman–Crippen LogP) is 5.45. The molecule has 0 saturated carbocycles. The summed E-state index contributed by atoms with van der Waals surface area (Å²) in [5, 5.41) is 0. The quantitative estimate of drug-likeness (QED) is 0.127. The zero-order valence-corrected chi connectivity index (χ0v) is 19.4. The van der Waals surface area contributed by atoms with E-state index in [9.17, 15) is 27.2 Å². The van der Waals surface area contributed by atoms with Crippen LogP contribution in [0.15, 0.2) is 72.8 Å². The Bertz CT molecular complexity index is 1290. The molecule has 0 aliphatic rings. The lowest BCUT2D eigenvalue weighted by molar-refractivity contribution is -0.301. The van der Waals surface area contributed by atoms with Crippen molar-refractivity contribution in [2.24, 2.45) is 0 Å². The Morgan fingerprint density at radius 2 is 1.51 bits per heavy atom. The van der Waals surface area contributed by atoms with E-state index < -0.39 is 29.7 Å². The standard InChI is InChI=1S/C26H22F4N2O5/c1-25(27,28)26(29,30)37-21-10-5-17(6-11-21)24(34)36-20-8-2-16(3-9-20)4-13-23(33)35-15-18-14-19(31)7-12-22(18)32/h2-14H,15,31-32H2,1H3/b13-4+.